The summed E-state index contributed by atoms with van der Waals surface area (Å²) < 4.78 is 14.3. The summed E-state index contributed by atoms with van der Waals surface area (Å²) in [7, 11) is 1.93. The molecule has 0 aliphatic rings. The Bertz CT molecular complexity index is 585. The van der Waals surface area contributed by atoms with Crippen LogP contribution in [0.15, 0.2) is 48.5 Å². The van der Waals surface area contributed by atoms with Gasteiger partial charge in [0.05, 0.1) is 5.02 Å². The van der Waals surface area contributed by atoms with Crippen LogP contribution in [0.25, 0.3) is 0 Å². The van der Waals surface area contributed by atoms with Crippen molar-refractivity contribution in [2.24, 2.45) is 0 Å². The molecule has 2 aromatic carbocycles. The molecule has 2 aromatic rings. The molecule has 1 atom stereocenters. The van der Waals surface area contributed by atoms with Gasteiger partial charge in [-0.25, -0.2) is 4.39 Å². The molecule has 3 heteroatoms. The van der Waals surface area contributed by atoms with Gasteiger partial charge in [0.2, 0.25) is 0 Å². The lowest BCUT2D eigenvalue weighted by atomic mass is 9.73. The summed E-state index contributed by atoms with van der Waals surface area (Å²) in [6, 6.07) is 15.5. The monoisotopic (exact) mass is 305 g/mol. The first-order valence-electron chi connectivity index (χ1n) is 7.26. The molecule has 1 unspecified atom stereocenters. The van der Waals surface area contributed by atoms with Crippen molar-refractivity contribution in [1.82, 2.24) is 5.32 Å². The molecule has 0 aliphatic heterocycles. The van der Waals surface area contributed by atoms with Crippen LogP contribution in [0.1, 0.15) is 24.5 Å². The van der Waals surface area contributed by atoms with Crippen molar-refractivity contribution >= 4 is 11.6 Å². The van der Waals surface area contributed by atoms with Crippen LogP contribution in [0.2, 0.25) is 5.02 Å². The third-order valence-electron chi connectivity index (χ3n) is 4.14. The predicted molar refractivity (Wildman–Crippen MR) is 87.5 cm³/mol. The van der Waals surface area contributed by atoms with E-state index in [0.29, 0.717) is 12.0 Å². The highest BCUT2D eigenvalue weighted by Gasteiger charge is 2.31. The normalized spacial score (nSPS) is 13.9. The van der Waals surface area contributed by atoms with Gasteiger partial charge in [-0.1, -0.05) is 61.0 Å². The molecular formula is C18H21ClFN. The summed E-state index contributed by atoms with van der Waals surface area (Å²) in [4.78, 5) is 0. The van der Waals surface area contributed by atoms with Crippen molar-refractivity contribution < 1.29 is 4.39 Å². The molecule has 0 aliphatic carbocycles. The van der Waals surface area contributed by atoms with Crippen molar-refractivity contribution in [3.8, 4) is 0 Å². The van der Waals surface area contributed by atoms with Gasteiger partial charge in [-0.15, -0.1) is 0 Å². The molecule has 0 spiro atoms. The molecule has 1 nitrogen and oxygen atoms in total. The number of rotatable bonds is 6. The predicted octanol–water partition coefficient (Wildman–Crippen LogP) is 4.59. The molecule has 0 saturated heterocycles. The number of nitrogens with one attached hydrogen (secondary N) is 1. The highest BCUT2D eigenvalue weighted by Crippen LogP contribution is 2.33. The maximum atomic E-state index is 14.3. The van der Waals surface area contributed by atoms with Crippen LogP contribution in [0.3, 0.4) is 0 Å². The van der Waals surface area contributed by atoms with Crippen molar-refractivity contribution in [3.63, 3.8) is 0 Å². The zero-order valence-electron chi connectivity index (χ0n) is 12.5. The maximum Gasteiger partial charge on any atom is 0.145 e. The van der Waals surface area contributed by atoms with Crippen LogP contribution in [-0.4, -0.2) is 13.6 Å². The first kappa shape index (κ1) is 16.0. The molecular weight excluding hydrogens is 285 g/mol. The van der Waals surface area contributed by atoms with E-state index >= 15 is 0 Å². The minimum atomic E-state index is -0.302. The second kappa shape index (κ2) is 7.06. The lowest BCUT2D eigenvalue weighted by molar-refractivity contribution is 0.384. The Hall–Kier alpha value is -1.38. The number of likely N-dealkylation sites (N-methyl/N-ethyl adjacent to an activating group) is 1. The van der Waals surface area contributed by atoms with Gasteiger partial charge in [0, 0.05) is 12.0 Å². The molecule has 2 rings (SSSR count). The van der Waals surface area contributed by atoms with Crippen LogP contribution >= 0.6 is 11.6 Å². The summed E-state index contributed by atoms with van der Waals surface area (Å²) in [5, 5.41) is 3.45. The van der Waals surface area contributed by atoms with Crippen LogP contribution in [0.4, 0.5) is 4.39 Å². The van der Waals surface area contributed by atoms with E-state index < -0.39 is 0 Å². The van der Waals surface area contributed by atoms with Crippen molar-refractivity contribution in [3.05, 3.63) is 70.5 Å². The van der Waals surface area contributed by atoms with E-state index in [1.54, 1.807) is 6.07 Å². The van der Waals surface area contributed by atoms with E-state index in [0.717, 1.165) is 13.0 Å². The summed E-state index contributed by atoms with van der Waals surface area (Å²) in [6.07, 6.45) is 1.55. The molecule has 1 N–H and O–H groups in total. The average molecular weight is 306 g/mol. The molecule has 0 radical (unpaired) electrons. The van der Waals surface area contributed by atoms with Gasteiger partial charge in [0.25, 0.3) is 0 Å². The number of hydrogen-bond acceptors (Lipinski definition) is 1. The van der Waals surface area contributed by atoms with Gasteiger partial charge < -0.3 is 5.32 Å². The van der Waals surface area contributed by atoms with Crippen LogP contribution < -0.4 is 5.32 Å². The fourth-order valence-electron chi connectivity index (χ4n) is 2.90. The smallest absolute Gasteiger partial charge is 0.145 e. The Kier molecular flexibility index (Phi) is 5.38. The summed E-state index contributed by atoms with van der Waals surface area (Å²) >= 11 is 5.92. The third-order valence-corrected chi connectivity index (χ3v) is 4.43. The number of halogens is 2. The number of hydrogen-bond donors (Lipinski definition) is 1. The van der Waals surface area contributed by atoms with E-state index in [1.165, 1.54) is 5.56 Å². The van der Waals surface area contributed by atoms with E-state index in [1.807, 2.05) is 37.4 Å². The second-order valence-electron chi connectivity index (χ2n) is 5.42. The summed E-state index contributed by atoms with van der Waals surface area (Å²) in [6.45, 7) is 2.94. The first-order chi connectivity index (χ1) is 10.1. The summed E-state index contributed by atoms with van der Waals surface area (Å²) in [5.74, 6) is -0.302. The van der Waals surface area contributed by atoms with E-state index in [9.17, 15) is 4.39 Å². The molecule has 0 bridgehead atoms. The summed E-state index contributed by atoms with van der Waals surface area (Å²) in [5.41, 5.74) is 1.76. The maximum absolute atomic E-state index is 14.3. The van der Waals surface area contributed by atoms with Crippen molar-refractivity contribution in [2.75, 3.05) is 13.6 Å². The van der Waals surface area contributed by atoms with E-state index in [4.69, 9.17) is 11.6 Å². The van der Waals surface area contributed by atoms with Crippen LogP contribution in [0.5, 0.6) is 0 Å². The Morgan fingerprint density at radius 3 is 2.43 bits per heavy atom. The van der Waals surface area contributed by atoms with Gasteiger partial charge in [-0.3, -0.25) is 0 Å². The molecule has 0 saturated carbocycles. The Morgan fingerprint density at radius 2 is 1.81 bits per heavy atom. The molecule has 112 valence electrons. The topological polar surface area (TPSA) is 12.0 Å². The molecule has 0 fully saturated rings. The van der Waals surface area contributed by atoms with E-state index in [-0.39, 0.29) is 16.3 Å². The van der Waals surface area contributed by atoms with Gasteiger partial charge >= 0.3 is 0 Å². The fraction of sp³-hybridized carbons (Fsp3) is 0.333. The number of benzene rings is 2. The Labute approximate surface area is 131 Å². The highest BCUT2D eigenvalue weighted by molar-refractivity contribution is 6.30. The van der Waals surface area contributed by atoms with Gasteiger partial charge in [0.1, 0.15) is 5.82 Å². The minimum absolute atomic E-state index is 0.137. The second-order valence-corrected chi connectivity index (χ2v) is 5.83. The SMILES string of the molecule is CCC(CNC)(Cc1cccc(Cl)c1F)c1ccccc1. The Morgan fingerprint density at radius 1 is 1.10 bits per heavy atom. The lowest BCUT2D eigenvalue weighted by Gasteiger charge is -2.34. The van der Waals surface area contributed by atoms with Crippen molar-refractivity contribution in [2.45, 2.75) is 25.2 Å². The van der Waals surface area contributed by atoms with Gasteiger partial charge in [-0.05, 0) is 37.1 Å². The third kappa shape index (κ3) is 3.45. The molecule has 21 heavy (non-hydrogen) atoms. The van der Waals surface area contributed by atoms with Crippen LogP contribution in [0, 0.1) is 5.82 Å². The zero-order chi connectivity index (χ0) is 15.3. The van der Waals surface area contributed by atoms with E-state index in [2.05, 4.69) is 24.4 Å². The average Bonchev–Trinajstić information content (AvgIpc) is 2.52. The molecule has 0 heterocycles. The fourth-order valence-corrected chi connectivity index (χ4v) is 3.09. The lowest BCUT2D eigenvalue weighted by Crippen LogP contribution is -2.38. The largest absolute Gasteiger partial charge is 0.319 e. The Balaban J connectivity index is 2.43. The molecule has 0 amide bonds. The van der Waals surface area contributed by atoms with Gasteiger partial charge in [0.15, 0.2) is 0 Å². The highest BCUT2D eigenvalue weighted by atomic mass is 35.5. The standard InChI is InChI=1S/C18H21ClFN/c1-3-18(13-21-2,15-9-5-4-6-10-15)12-14-8-7-11-16(19)17(14)20/h4-11,21H,3,12-13H2,1-2H3. The first-order valence-corrected chi connectivity index (χ1v) is 7.64. The quantitative estimate of drug-likeness (QED) is 0.823. The zero-order valence-corrected chi connectivity index (χ0v) is 13.3. The molecule has 0 aromatic heterocycles. The van der Waals surface area contributed by atoms with Gasteiger partial charge in [-0.2, -0.15) is 0 Å². The van der Waals surface area contributed by atoms with Crippen LogP contribution in [-0.2, 0) is 11.8 Å². The van der Waals surface area contributed by atoms with Crippen molar-refractivity contribution in [1.29, 1.82) is 0 Å². The minimum Gasteiger partial charge on any atom is -0.319 e.